The fourth-order valence-corrected chi connectivity index (χ4v) is 3.76. The fourth-order valence-electron chi connectivity index (χ4n) is 2.65. The van der Waals surface area contributed by atoms with Crippen molar-refractivity contribution >= 4 is 34.5 Å². The Hall–Kier alpha value is -2.77. The topological polar surface area (TPSA) is 77.5 Å². The highest BCUT2D eigenvalue weighted by molar-refractivity contribution is 7.09. The Morgan fingerprint density at radius 1 is 1.19 bits per heavy atom. The predicted molar refractivity (Wildman–Crippen MR) is 101 cm³/mol. The molecule has 0 radical (unpaired) electrons. The molecule has 0 atom stereocenters. The molecule has 0 aliphatic rings. The molecule has 0 aliphatic heterocycles. The summed E-state index contributed by atoms with van der Waals surface area (Å²) in [6, 6.07) is 13.2. The van der Waals surface area contributed by atoms with E-state index in [1.54, 1.807) is 29.8 Å². The maximum Gasteiger partial charge on any atom is 0.286 e. The summed E-state index contributed by atoms with van der Waals surface area (Å²) in [4.78, 5) is 28.6. The Morgan fingerprint density at radius 3 is 2.50 bits per heavy atom. The molecule has 2 aromatic carbocycles. The minimum atomic E-state index is -0.642. The van der Waals surface area contributed by atoms with Gasteiger partial charge in [-0.05, 0) is 30.7 Å². The molecule has 0 saturated carbocycles. The molecular weight excluding hydrogens is 374 g/mol. The van der Waals surface area contributed by atoms with Gasteiger partial charge in [0.25, 0.3) is 11.6 Å². The number of rotatable bonds is 3. The van der Waals surface area contributed by atoms with E-state index < -0.39 is 10.8 Å². The Kier molecular flexibility index (Phi) is 5.01. The first-order valence-electron chi connectivity index (χ1n) is 7.63. The molecule has 0 bridgehead atoms. The van der Waals surface area contributed by atoms with Crippen LogP contribution in [0.5, 0.6) is 0 Å². The average Bonchev–Trinajstić information content (AvgIpc) is 2.89. The number of para-hydroxylation sites is 1. The van der Waals surface area contributed by atoms with Crippen molar-refractivity contribution in [1.29, 1.82) is 0 Å². The number of halogens is 1. The maximum absolute atomic E-state index is 12.5. The predicted octanol–water partition coefficient (Wildman–Crippen LogP) is 4.36. The summed E-state index contributed by atoms with van der Waals surface area (Å²) in [5.74, 6) is -0.642. The number of nitro benzene ring substituents is 1. The van der Waals surface area contributed by atoms with E-state index in [-0.39, 0.29) is 11.3 Å². The molecule has 0 saturated heterocycles. The van der Waals surface area contributed by atoms with Crippen LogP contribution in [-0.4, -0.2) is 15.4 Å². The highest BCUT2D eigenvalue weighted by Crippen LogP contribution is 2.26. The lowest BCUT2D eigenvalue weighted by molar-refractivity contribution is -0.385. The molecule has 1 amide bonds. The van der Waals surface area contributed by atoms with Crippen LogP contribution in [0.2, 0.25) is 5.02 Å². The maximum atomic E-state index is 12.5. The average molecular weight is 388 g/mol. The lowest BCUT2D eigenvalue weighted by Gasteiger charge is -2.04. The van der Waals surface area contributed by atoms with Gasteiger partial charge < -0.3 is 4.57 Å². The fraction of sp³-hybridized carbons (Fsp3) is 0.111. The molecule has 26 heavy (non-hydrogen) atoms. The first-order valence-corrected chi connectivity index (χ1v) is 8.82. The van der Waals surface area contributed by atoms with Gasteiger partial charge in [-0.1, -0.05) is 35.9 Å². The second-order valence-corrected chi connectivity index (χ2v) is 7.16. The van der Waals surface area contributed by atoms with Crippen LogP contribution in [0.25, 0.3) is 11.3 Å². The van der Waals surface area contributed by atoms with Gasteiger partial charge in [0.15, 0.2) is 4.80 Å². The van der Waals surface area contributed by atoms with E-state index in [9.17, 15) is 14.9 Å². The zero-order chi connectivity index (χ0) is 18.8. The Labute approximate surface area is 158 Å². The van der Waals surface area contributed by atoms with E-state index in [4.69, 9.17) is 11.6 Å². The molecule has 3 rings (SSSR count). The van der Waals surface area contributed by atoms with Gasteiger partial charge in [0.1, 0.15) is 5.56 Å². The summed E-state index contributed by atoms with van der Waals surface area (Å²) in [6.45, 7) is 1.93. The molecule has 1 heterocycles. The van der Waals surface area contributed by atoms with Crippen molar-refractivity contribution in [1.82, 2.24) is 4.57 Å². The molecule has 132 valence electrons. The Balaban J connectivity index is 2.08. The van der Waals surface area contributed by atoms with Gasteiger partial charge >= 0.3 is 0 Å². The summed E-state index contributed by atoms with van der Waals surface area (Å²) in [7, 11) is 1.80. The van der Waals surface area contributed by atoms with Crippen molar-refractivity contribution in [2.24, 2.45) is 12.0 Å². The third-order valence-corrected chi connectivity index (χ3v) is 5.15. The SMILES string of the molecule is Cc1sc(=NC(=O)c2ccccc2[N+](=O)[O-])n(C)c1-c1ccc(Cl)cc1. The van der Waals surface area contributed by atoms with E-state index in [0.29, 0.717) is 9.82 Å². The molecule has 0 spiro atoms. The number of amides is 1. The van der Waals surface area contributed by atoms with Crippen LogP contribution in [-0.2, 0) is 7.05 Å². The van der Waals surface area contributed by atoms with Gasteiger partial charge in [0.05, 0.1) is 10.6 Å². The molecular formula is C18H14ClN3O3S. The van der Waals surface area contributed by atoms with E-state index in [2.05, 4.69) is 4.99 Å². The summed E-state index contributed by atoms with van der Waals surface area (Å²) < 4.78 is 1.80. The van der Waals surface area contributed by atoms with Crippen molar-refractivity contribution in [3.8, 4) is 11.3 Å². The van der Waals surface area contributed by atoms with Crippen LogP contribution < -0.4 is 4.80 Å². The number of hydrogen-bond acceptors (Lipinski definition) is 4. The number of nitro groups is 1. The van der Waals surface area contributed by atoms with Gasteiger partial charge in [-0.15, -0.1) is 11.3 Å². The molecule has 6 nitrogen and oxygen atoms in total. The highest BCUT2D eigenvalue weighted by Gasteiger charge is 2.19. The summed E-state index contributed by atoms with van der Waals surface area (Å²) in [6.07, 6.45) is 0. The van der Waals surface area contributed by atoms with E-state index in [1.165, 1.54) is 29.5 Å². The normalized spacial score (nSPS) is 11.6. The van der Waals surface area contributed by atoms with Gasteiger partial charge in [-0.2, -0.15) is 4.99 Å². The van der Waals surface area contributed by atoms with Gasteiger partial charge in [0.2, 0.25) is 0 Å². The standard InChI is InChI=1S/C18H14ClN3O3S/c1-11-16(12-7-9-13(19)10-8-12)21(2)18(26-11)20-17(23)14-5-3-4-6-15(14)22(24)25/h3-10H,1-2H3. The van der Waals surface area contributed by atoms with Crippen molar-refractivity contribution in [2.45, 2.75) is 6.92 Å². The smallest absolute Gasteiger partial charge is 0.286 e. The summed E-state index contributed by atoms with van der Waals surface area (Å²) >= 11 is 7.29. The lowest BCUT2D eigenvalue weighted by atomic mass is 10.1. The third kappa shape index (κ3) is 3.44. The second kappa shape index (κ2) is 7.23. The largest absolute Gasteiger partial charge is 0.319 e. The zero-order valence-electron chi connectivity index (χ0n) is 14.0. The van der Waals surface area contributed by atoms with Gasteiger partial charge in [-0.3, -0.25) is 14.9 Å². The molecule has 0 fully saturated rings. The van der Waals surface area contributed by atoms with E-state index in [1.807, 2.05) is 19.1 Å². The summed E-state index contributed by atoms with van der Waals surface area (Å²) in [5, 5.41) is 11.8. The Morgan fingerprint density at radius 2 is 1.85 bits per heavy atom. The number of aryl methyl sites for hydroxylation is 1. The number of benzene rings is 2. The van der Waals surface area contributed by atoms with Crippen LogP contribution in [0, 0.1) is 17.0 Å². The van der Waals surface area contributed by atoms with Gasteiger partial charge in [0, 0.05) is 23.0 Å². The van der Waals surface area contributed by atoms with Crippen LogP contribution in [0.1, 0.15) is 15.2 Å². The molecule has 0 aliphatic carbocycles. The Bertz CT molecular complexity index is 1070. The molecule has 0 N–H and O–H groups in total. The van der Waals surface area contributed by atoms with Crippen LogP contribution in [0.3, 0.4) is 0 Å². The van der Waals surface area contributed by atoms with Crippen molar-refractivity contribution < 1.29 is 9.72 Å². The molecule has 1 aromatic heterocycles. The first kappa shape index (κ1) is 18.0. The van der Waals surface area contributed by atoms with Crippen LogP contribution in [0.4, 0.5) is 5.69 Å². The number of carbonyl (C=O) groups excluding carboxylic acids is 1. The van der Waals surface area contributed by atoms with Crippen LogP contribution in [0.15, 0.2) is 53.5 Å². The number of carbonyl (C=O) groups is 1. The summed E-state index contributed by atoms with van der Waals surface area (Å²) in [5.41, 5.74) is 1.58. The second-order valence-electron chi connectivity index (χ2n) is 5.55. The first-order chi connectivity index (χ1) is 12.4. The minimum absolute atomic E-state index is 0.0309. The quantitative estimate of drug-likeness (QED) is 0.494. The number of thiazole rings is 1. The van der Waals surface area contributed by atoms with E-state index in [0.717, 1.165) is 16.1 Å². The van der Waals surface area contributed by atoms with Crippen LogP contribution >= 0.6 is 22.9 Å². The minimum Gasteiger partial charge on any atom is -0.319 e. The van der Waals surface area contributed by atoms with Gasteiger partial charge in [-0.25, -0.2) is 0 Å². The monoisotopic (exact) mass is 387 g/mol. The van der Waals surface area contributed by atoms with Crippen molar-refractivity contribution in [2.75, 3.05) is 0 Å². The zero-order valence-corrected chi connectivity index (χ0v) is 15.5. The number of nitrogens with zero attached hydrogens (tertiary/aromatic N) is 3. The van der Waals surface area contributed by atoms with E-state index >= 15 is 0 Å². The lowest BCUT2D eigenvalue weighted by Crippen LogP contribution is -2.15. The van der Waals surface area contributed by atoms with Crippen molar-refractivity contribution in [3.05, 3.63) is 78.9 Å². The third-order valence-electron chi connectivity index (χ3n) is 3.85. The van der Waals surface area contributed by atoms with Crippen molar-refractivity contribution in [3.63, 3.8) is 0 Å². The highest BCUT2D eigenvalue weighted by atomic mass is 35.5. The molecule has 8 heteroatoms. The number of aromatic nitrogens is 1. The number of hydrogen-bond donors (Lipinski definition) is 0. The molecule has 3 aromatic rings. The molecule has 0 unspecified atom stereocenters.